The summed E-state index contributed by atoms with van der Waals surface area (Å²) in [6, 6.07) is 2.43. The fourth-order valence-electron chi connectivity index (χ4n) is 1.85. The van der Waals surface area contributed by atoms with Crippen LogP contribution in [-0.4, -0.2) is 29.3 Å². The zero-order valence-electron chi connectivity index (χ0n) is 14.1. The van der Waals surface area contributed by atoms with E-state index >= 15 is 0 Å². The van der Waals surface area contributed by atoms with E-state index in [0.717, 1.165) is 18.2 Å². The Morgan fingerprint density at radius 2 is 1.88 bits per heavy atom. The normalized spacial score (nSPS) is 12.2. The third kappa shape index (κ3) is 7.28. The van der Waals surface area contributed by atoms with Gasteiger partial charge in [-0.1, -0.05) is 12.2 Å². The summed E-state index contributed by atoms with van der Waals surface area (Å²) in [7, 11) is 0. The first-order valence-corrected chi connectivity index (χ1v) is 7.48. The number of benzene rings is 1. The van der Waals surface area contributed by atoms with Gasteiger partial charge in [0.2, 0.25) is 0 Å². The van der Waals surface area contributed by atoms with Crippen molar-refractivity contribution in [2.75, 3.05) is 6.54 Å². The summed E-state index contributed by atoms with van der Waals surface area (Å²) >= 11 is 0. The standard InChI is InChI=1S/C17H20F3NO4/c1-16(2,3)25-15(24)21-9-5-4-6-11-10-12(17(18,19)20)7-8-13(11)14(22)23/h4,6-8,10H,5,9H2,1-3H3,(H,21,24)(H,22,23). The largest absolute Gasteiger partial charge is 0.478 e. The van der Waals surface area contributed by atoms with Crippen LogP contribution in [0.2, 0.25) is 0 Å². The number of alkyl carbamates (subject to hydrolysis) is 1. The van der Waals surface area contributed by atoms with E-state index in [-0.39, 0.29) is 17.7 Å². The minimum Gasteiger partial charge on any atom is -0.478 e. The van der Waals surface area contributed by atoms with E-state index in [1.165, 1.54) is 12.2 Å². The first-order valence-electron chi connectivity index (χ1n) is 7.48. The van der Waals surface area contributed by atoms with E-state index in [4.69, 9.17) is 9.84 Å². The zero-order valence-corrected chi connectivity index (χ0v) is 14.1. The molecule has 1 amide bonds. The number of aromatic carboxylic acids is 1. The average Bonchev–Trinajstić information content (AvgIpc) is 2.43. The molecule has 0 aliphatic rings. The van der Waals surface area contributed by atoms with Crippen molar-refractivity contribution in [3.8, 4) is 0 Å². The molecule has 0 atom stereocenters. The molecule has 1 aromatic carbocycles. The summed E-state index contributed by atoms with van der Waals surface area (Å²) in [5.41, 5.74) is -1.85. The second kappa shape index (κ2) is 8.04. The van der Waals surface area contributed by atoms with Crippen molar-refractivity contribution in [1.29, 1.82) is 0 Å². The minimum absolute atomic E-state index is 0.0559. The van der Waals surface area contributed by atoms with Gasteiger partial charge in [0.25, 0.3) is 0 Å². The van der Waals surface area contributed by atoms with Crippen molar-refractivity contribution in [3.63, 3.8) is 0 Å². The van der Waals surface area contributed by atoms with Gasteiger partial charge in [-0.25, -0.2) is 9.59 Å². The van der Waals surface area contributed by atoms with Crippen molar-refractivity contribution < 1.29 is 32.6 Å². The Morgan fingerprint density at radius 3 is 2.40 bits per heavy atom. The van der Waals surface area contributed by atoms with Crippen LogP contribution in [0.4, 0.5) is 18.0 Å². The molecule has 2 N–H and O–H groups in total. The van der Waals surface area contributed by atoms with Gasteiger partial charge in [0.15, 0.2) is 0 Å². The molecule has 0 spiro atoms. The number of carboxylic acids is 1. The molecule has 138 valence electrons. The van der Waals surface area contributed by atoms with Crippen LogP contribution < -0.4 is 5.32 Å². The SMILES string of the molecule is CC(C)(C)OC(=O)NCCC=Cc1cc(C(F)(F)F)ccc1C(=O)O. The third-order valence-electron chi connectivity index (χ3n) is 2.89. The highest BCUT2D eigenvalue weighted by molar-refractivity contribution is 5.92. The van der Waals surface area contributed by atoms with Crippen molar-refractivity contribution in [2.45, 2.75) is 39.0 Å². The third-order valence-corrected chi connectivity index (χ3v) is 2.89. The molecule has 25 heavy (non-hydrogen) atoms. The molecule has 1 rings (SSSR count). The zero-order chi connectivity index (χ0) is 19.3. The fourth-order valence-corrected chi connectivity index (χ4v) is 1.85. The van der Waals surface area contributed by atoms with Crippen LogP contribution >= 0.6 is 0 Å². The van der Waals surface area contributed by atoms with Crippen LogP contribution in [0.25, 0.3) is 6.08 Å². The molecule has 0 unspecified atom stereocenters. The Kier molecular flexibility index (Phi) is 6.61. The number of amides is 1. The maximum absolute atomic E-state index is 12.7. The first kappa shape index (κ1) is 20.5. The number of carboxylic acid groups (broad SMARTS) is 1. The molecule has 0 fully saturated rings. The van der Waals surface area contributed by atoms with Gasteiger partial charge in [-0.05, 0) is 51.0 Å². The Labute approximate surface area is 143 Å². The van der Waals surface area contributed by atoms with Gasteiger partial charge in [0, 0.05) is 6.54 Å². The average molecular weight is 359 g/mol. The Bertz CT molecular complexity index is 661. The Hall–Kier alpha value is -2.51. The smallest absolute Gasteiger partial charge is 0.416 e. The molecular formula is C17H20F3NO4. The summed E-state index contributed by atoms with van der Waals surface area (Å²) < 4.78 is 43.2. The molecule has 0 saturated heterocycles. The Morgan fingerprint density at radius 1 is 1.24 bits per heavy atom. The second-order valence-corrected chi connectivity index (χ2v) is 6.22. The van der Waals surface area contributed by atoms with E-state index in [9.17, 15) is 22.8 Å². The number of hydrogen-bond donors (Lipinski definition) is 2. The van der Waals surface area contributed by atoms with Gasteiger partial charge in [-0.15, -0.1) is 0 Å². The molecule has 0 aliphatic carbocycles. The summed E-state index contributed by atoms with van der Waals surface area (Å²) in [6.45, 7) is 5.35. The van der Waals surface area contributed by atoms with Gasteiger partial charge < -0.3 is 15.2 Å². The topological polar surface area (TPSA) is 75.6 Å². The number of hydrogen-bond acceptors (Lipinski definition) is 3. The van der Waals surface area contributed by atoms with Gasteiger partial charge in [0.05, 0.1) is 11.1 Å². The van der Waals surface area contributed by atoms with Crippen molar-refractivity contribution >= 4 is 18.1 Å². The van der Waals surface area contributed by atoms with Crippen LogP contribution in [0.15, 0.2) is 24.3 Å². The highest BCUT2D eigenvalue weighted by Crippen LogP contribution is 2.31. The number of rotatable bonds is 5. The molecule has 0 saturated carbocycles. The number of halogens is 3. The lowest BCUT2D eigenvalue weighted by Crippen LogP contribution is -2.32. The van der Waals surface area contributed by atoms with E-state index in [0.29, 0.717) is 6.42 Å². The van der Waals surface area contributed by atoms with Crippen LogP contribution in [0.1, 0.15) is 48.7 Å². The Balaban J connectivity index is 2.73. The first-order chi connectivity index (χ1) is 11.4. The highest BCUT2D eigenvalue weighted by atomic mass is 19.4. The van der Waals surface area contributed by atoms with Crippen molar-refractivity contribution in [2.24, 2.45) is 0 Å². The quantitative estimate of drug-likeness (QED) is 0.767. The lowest BCUT2D eigenvalue weighted by molar-refractivity contribution is -0.137. The number of alkyl halides is 3. The summed E-state index contributed by atoms with van der Waals surface area (Å²) in [6.07, 6.45) is -2.09. The van der Waals surface area contributed by atoms with E-state index in [1.807, 2.05) is 0 Å². The molecule has 1 aromatic rings. The van der Waals surface area contributed by atoms with Crippen LogP contribution in [0, 0.1) is 0 Å². The van der Waals surface area contributed by atoms with Crippen LogP contribution in [0.5, 0.6) is 0 Å². The molecule has 0 aliphatic heterocycles. The molecule has 8 heteroatoms. The van der Waals surface area contributed by atoms with Gasteiger partial charge in [-0.2, -0.15) is 13.2 Å². The molecule has 0 radical (unpaired) electrons. The molecular weight excluding hydrogens is 339 g/mol. The fraction of sp³-hybridized carbons (Fsp3) is 0.412. The summed E-state index contributed by atoms with van der Waals surface area (Å²) in [5.74, 6) is -1.32. The summed E-state index contributed by atoms with van der Waals surface area (Å²) in [4.78, 5) is 22.5. The predicted molar refractivity (Wildman–Crippen MR) is 86.3 cm³/mol. The maximum Gasteiger partial charge on any atom is 0.416 e. The van der Waals surface area contributed by atoms with Gasteiger partial charge in [-0.3, -0.25) is 0 Å². The number of carbonyl (C=O) groups excluding carboxylic acids is 1. The van der Waals surface area contributed by atoms with Crippen molar-refractivity contribution in [3.05, 3.63) is 41.0 Å². The lowest BCUT2D eigenvalue weighted by atomic mass is 10.0. The lowest BCUT2D eigenvalue weighted by Gasteiger charge is -2.19. The highest BCUT2D eigenvalue weighted by Gasteiger charge is 2.31. The molecule has 0 aromatic heterocycles. The van der Waals surface area contributed by atoms with Gasteiger partial charge >= 0.3 is 18.2 Å². The predicted octanol–water partition coefficient (Wildman–Crippen LogP) is 4.33. The second-order valence-electron chi connectivity index (χ2n) is 6.22. The number of nitrogens with one attached hydrogen (secondary N) is 1. The van der Waals surface area contributed by atoms with E-state index in [1.54, 1.807) is 20.8 Å². The number of carbonyl (C=O) groups is 2. The van der Waals surface area contributed by atoms with Crippen LogP contribution in [0.3, 0.4) is 0 Å². The molecule has 0 heterocycles. The van der Waals surface area contributed by atoms with E-state index < -0.39 is 29.4 Å². The van der Waals surface area contributed by atoms with Gasteiger partial charge in [0.1, 0.15) is 5.60 Å². The minimum atomic E-state index is -4.56. The van der Waals surface area contributed by atoms with E-state index in [2.05, 4.69) is 5.32 Å². The number of ether oxygens (including phenoxy) is 1. The summed E-state index contributed by atoms with van der Waals surface area (Å²) in [5, 5.41) is 11.5. The monoisotopic (exact) mass is 359 g/mol. The van der Waals surface area contributed by atoms with Crippen LogP contribution in [-0.2, 0) is 10.9 Å². The maximum atomic E-state index is 12.7. The van der Waals surface area contributed by atoms with Crippen molar-refractivity contribution in [1.82, 2.24) is 5.32 Å². The molecule has 0 bridgehead atoms. The molecule has 5 nitrogen and oxygen atoms in total.